The molecule has 0 aliphatic rings. The van der Waals surface area contributed by atoms with Crippen molar-refractivity contribution in [3.63, 3.8) is 0 Å². The summed E-state index contributed by atoms with van der Waals surface area (Å²) in [6, 6.07) is 8.09. The van der Waals surface area contributed by atoms with E-state index in [0.717, 1.165) is 11.4 Å². The molecule has 0 saturated heterocycles. The first-order chi connectivity index (χ1) is 11.2. The number of nitrogens with zero attached hydrogens (tertiary/aromatic N) is 2. The van der Waals surface area contributed by atoms with Crippen molar-refractivity contribution in [1.82, 2.24) is 15.1 Å². The van der Waals surface area contributed by atoms with Gasteiger partial charge in [-0.2, -0.15) is 5.10 Å². The van der Waals surface area contributed by atoms with Gasteiger partial charge in [0.1, 0.15) is 0 Å². The molecule has 2 rings (SSSR count). The van der Waals surface area contributed by atoms with Crippen LogP contribution in [0.2, 0.25) is 0 Å². The Hall–Kier alpha value is -1.85. The molecule has 0 radical (unpaired) electrons. The Morgan fingerprint density at radius 2 is 1.88 bits per heavy atom. The minimum absolute atomic E-state index is 0. The van der Waals surface area contributed by atoms with Crippen molar-refractivity contribution in [2.75, 3.05) is 13.1 Å². The van der Waals surface area contributed by atoms with E-state index in [1.165, 1.54) is 5.56 Å². The zero-order valence-electron chi connectivity index (χ0n) is 15.7. The first-order valence-electron chi connectivity index (χ1n) is 8.38. The van der Waals surface area contributed by atoms with Crippen LogP contribution in [0.5, 0.6) is 0 Å². The highest BCUT2D eigenvalue weighted by molar-refractivity contribution is 5.95. The van der Waals surface area contributed by atoms with Gasteiger partial charge in [0.05, 0.1) is 16.9 Å². The van der Waals surface area contributed by atoms with Crippen LogP contribution in [-0.4, -0.2) is 28.8 Å². The van der Waals surface area contributed by atoms with Crippen LogP contribution in [0.3, 0.4) is 0 Å². The summed E-state index contributed by atoms with van der Waals surface area (Å²) in [4.78, 5) is 12.6. The molecule has 0 aliphatic carbocycles. The number of hydrogen-bond acceptors (Lipinski definition) is 3. The fourth-order valence-electron chi connectivity index (χ4n) is 2.37. The van der Waals surface area contributed by atoms with Gasteiger partial charge in [-0.15, -0.1) is 12.4 Å². The molecule has 0 saturated carbocycles. The molecule has 6 heteroatoms. The average molecular weight is 365 g/mol. The van der Waals surface area contributed by atoms with Gasteiger partial charge in [0, 0.05) is 18.2 Å². The van der Waals surface area contributed by atoms with E-state index in [0.29, 0.717) is 18.7 Å². The van der Waals surface area contributed by atoms with Gasteiger partial charge in [0.15, 0.2) is 0 Å². The summed E-state index contributed by atoms with van der Waals surface area (Å²) in [6.07, 6.45) is 1.81. The number of carbonyl (C=O) groups excluding carboxylic acids is 1. The highest BCUT2D eigenvalue weighted by Gasteiger charge is 2.26. The Kier molecular flexibility index (Phi) is 7.20. The lowest BCUT2D eigenvalue weighted by atomic mass is 9.89. The van der Waals surface area contributed by atoms with Crippen molar-refractivity contribution in [3.05, 3.63) is 47.3 Å². The molecule has 25 heavy (non-hydrogen) atoms. The number of nitrogens with two attached hydrogens (primary N) is 1. The minimum atomic E-state index is -0.220. The summed E-state index contributed by atoms with van der Waals surface area (Å²) in [5.41, 5.74) is 8.95. The molecule has 1 atom stereocenters. The molecular weight excluding hydrogens is 336 g/mol. The molecule has 0 aliphatic heterocycles. The van der Waals surface area contributed by atoms with Crippen LogP contribution in [-0.2, 0) is 5.41 Å². The van der Waals surface area contributed by atoms with Crippen LogP contribution in [0.4, 0.5) is 0 Å². The molecule has 1 aromatic carbocycles. The van der Waals surface area contributed by atoms with E-state index in [1.807, 2.05) is 44.3 Å². The fourth-order valence-corrected chi connectivity index (χ4v) is 2.37. The van der Waals surface area contributed by atoms with Crippen LogP contribution in [0.25, 0.3) is 5.69 Å². The average Bonchev–Trinajstić information content (AvgIpc) is 2.98. The lowest BCUT2D eigenvalue weighted by Gasteiger charge is -2.17. The predicted molar refractivity (Wildman–Crippen MR) is 105 cm³/mol. The maximum atomic E-state index is 12.6. The van der Waals surface area contributed by atoms with Crippen molar-refractivity contribution in [3.8, 4) is 5.69 Å². The monoisotopic (exact) mass is 364 g/mol. The van der Waals surface area contributed by atoms with Gasteiger partial charge >= 0.3 is 0 Å². The lowest BCUT2D eigenvalue weighted by molar-refractivity contribution is 0.0946. The number of hydrogen-bond donors (Lipinski definition) is 2. The second-order valence-electron chi connectivity index (χ2n) is 7.47. The zero-order valence-corrected chi connectivity index (χ0v) is 16.5. The molecule has 1 unspecified atom stereocenters. The Morgan fingerprint density at radius 1 is 1.28 bits per heavy atom. The standard InChI is InChI=1S/C19H28N4O.ClH/c1-13-6-8-15(9-7-13)23-12-16(17(22-23)19(3,4)5)18(24)21-11-14(2)10-20;/h6-9,12,14H,10-11,20H2,1-5H3,(H,21,24);1H. The number of aryl methyl sites for hydroxylation is 1. The van der Waals surface area contributed by atoms with Gasteiger partial charge in [-0.3, -0.25) is 4.79 Å². The third kappa shape index (κ3) is 5.31. The Balaban J connectivity index is 0.00000312. The van der Waals surface area contributed by atoms with Crippen LogP contribution >= 0.6 is 12.4 Å². The highest BCUT2D eigenvalue weighted by Crippen LogP contribution is 2.25. The summed E-state index contributed by atoms with van der Waals surface area (Å²) in [5, 5.41) is 7.64. The second-order valence-corrected chi connectivity index (χ2v) is 7.47. The van der Waals surface area contributed by atoms with Crippen molar-refractivity contribution < 1.29 is 4.79 Å². The normalized spacial score (nSPS) is 12.4. The number of rotatable bonds is 5. The van der Waals surface area contributed by atoms with Crippen molar-refractivity contribution in [2.45, 2.75) is 40.0 Å². The van der Waals surface area contributed by atoms with Gasteiger partial charge < -0.3 is 11.1 Å². The van der Waals surface area contributed by atoms with Gasteiger partial charge in [0.2, 0.25) is 0 Å². The minimum Gasteiger partial charge on any atom is -0.352 e. The second kappa shape index (κ2) is 8.50. The maximum Gasteiger partial charge on any atom is 0.254 e. The zero-order chi connectivity index (χ0) is 17.9. The Labute approximate surface area is 156 Å². The van der Waals surface area contributed by atoms with Crippen LogP contribution in [0, 0.1) is 12.8 Å². The molecule has 2 aromatic rings. The first kappa shape index (κ1) is 21.2. The molecule has 0 spiro atoms. The van der Waals surface area contributed by atoms with Crippen molar-refractivity contribution in [1.29, 1.82) is 0 Å². The highest BCUT2D eigenvalue weighted by atomic mass is 35.5. The van der Waals surface area contributed by atoms with E-state index >= 15 is 0 Å². The molecule has 138 valence electrons. The number of nitrogens with one attached hydrogen (secondary N) is 1. The van der Waals surface area contributed by atoms with Crippen LogP contribution < -0.4 is 11.1 Å². The van der Waals surface area contributed by atoms with Gasteiger partial charge in [-0.1, -0.05) is 45.4 Å². The molecular formula is C19H29ClN4O. The van der Waals surface area contributed by atoms with E-state index in [4.69, 9.17) is 5.73 Å². The Bertz CT molecular complexity index is 701. The maximum absolute atomic E-state index is 12.6. The predicted octanol–water partition coefficient (Wildman–Crippen LogP) is 3.22. The summed E-state index contributed by atoms with van der Waals surface area (Å²) >= 11 is 0. The lowest BCUT2D eigenvalue weighted by Crippen LogP contribution is -2.32. The molecule has 5 nitrogen and oxygen atoms in total. The largest absolute Gasteiger partial charge is 0.352 e. The van der Waals surface area contributed by atoms with Crippen molar-refractivity contribution in [2.24, 2.45) is 11.7 Å². The number of benzene rings is 1. The summed E-state index contributed by atoms with van der Waals surface area (Å²) in [7, 11) is 0. The first-order valence-corrected chi connectivity index (χ1v) is 8.38. The summed E-state index contributed by atoms with van der Waals surface area (Å²) in [6.45, 7) is 11.4. The van der Waals surface area contributed by atoms with E-state index in [9.17, 15) is 4.79 Å². The van der Waals surface area contributed by atoms with Gasteiger partial charge in [-0.25, -0.2) is 4.68 Å². The molecule has 0 fully saturated rings. The van der Waals surface area contributed by atoms with Crippen LogP contribution in [0.1, 0.15) is 49.3 Å². The molecule has 0 bridgehead atoms. The van der Waals surface area contributed by atoms with Crippen LogP contribution in [0.15, 0.2) is 30.5 Å². The number of halogens is 1. The quantitative estimate of drug-likeness (QED) is 0.855. The summed E-state index contributed by atoms with van der Waals surface area (Å²) in [5.74, 6) is 0.151. The molecule has 1 aromatic heterocycles. The van der Waals surface area contributed by atoms with E-state index < -0.39 is 0 Å². The number of aromatic nitrogens is 2. The molecule has 1 amide bonds. The third-order valence-electron chi connectivity index (χ3n) is 3.98. The number of amides is 1. The van der Waals surface area contributed by atoms with Gasteiger partial charge in [0.25, 0.3) is 5.91 Å². The Morgan fingerprint density at radius 3 is 2.40 bits per heavy atom. The van der Waals surface area contributed by atoms with E-state index in [2.05, 4.69) is 31.2 Å². The summed E-state index contributed by atoms with van der Waals surface area (Å²) < 4.78 is 1.78. The van der Waals surface area contributed by atoms with E-state index in [1.54, 1.807) is 4.68 Å². The SMILES string of the molecule is Cc1ccc(-n2cc(C(=O)NCC(C)CN)c(C(C)(C)C)n2)cc1.Cl. The number of carbonyl (C=O) groups is 1. The molecule has 3 N–H and O–H groups in total. The smallest absolute Gasteiger partial charge is 0.254 e. The van der Waals surface area contributed by atoms with E-state index in [-0.39, 0.29) is 29.6 Å². The molecule has 1 heterocycles. The third-order valence-corrected chi connectivity index (χ3v) is 3.98. The van der Waals surface area contributed by atoms with Crippen molar-refractivity contribution >= 4 is 18.3 Å². The fraction of sp³-hybridized carbons (Fsp3) is 0.474. The van der Waals surface area contributed by atoms with Gasteiger partial charge in [-0.05, 0) is 31.5 Å². The topological polar surface area (TPSA) is 72.9 Å².